The molecule has 0 saturated heterocycles. The molecule has 2 aliphatic rings. The molecule has 1 aromatic carbocycles. The molecule has 3 rings (SSSR count). The van der Waals surface area contributed by atoms with Gasteiger partial charge in [0, 0.05) is 6.42 Å². The molecule has 0 aromatic heterocycles. The van der Waals surface area contributed by atoms with Crippen LogP contribution in [-0.2, 0) is 20.9 Å². The molecule has 4 heteroatoms. The number of nitrogens with one attached hydrogen (secondary N) is 1. The van der Waals surface area contributed by atoms with Crippen LogP contribution in [0.15, 0.2) is 30.3 Å². The quantitative estimate of drug-likeness (QED) is 0.822. The Morgan fingerprint density at radius 1 is 1.14 bits per heavy atom. The molecule has 2 bridgehead atoms. The fourth-order valence-corrected chi connectivity index (χ4v) is 3.90. The Morgan fingerprint density at radius 3 is 2.64 bits per heavy atom. The lowest BCUT2D eigenvalue weighted by molar-refractivity contribution is -0.145. The van der Waals surface area contributed by atoms with E-state index in [1.807, 2.05) is 30.3 Å². The van der Waals surface area contributed by atoms with Crippen LogP contribution in [0.25, 0.3) is 0 Å². The second kappa shape index (κ2) is 6.95. The zero-order chi connectivity index (χ0) is 15.4. The molecule has 1 aromatic rings. The van der Waals surface area contributed by atoms with Crippen LogP contribution < -0.4 is 5.32 Å². The lowest BCUT2D eigenvalue weighted by Crippen LogP contribution is -2.32. The van der Waals surface area contributed by atoms with Gasteiger partial charge in [0.05, 0.1) is 0 Å². The lowest BCUT2D eigenvalue weighted by Gasteiger charge is -2.20. The first-order valence-corrected chi connectivity index (χ1v) is 8.17. The number of amides is 1. The number of hydrogen-bond donors (Lipinski definition) is 1. The summed E-state index contributed by atoms with van der Waals surface area (Å²) in [5, 5.41) is 2.69. The van der Waals surface area contributed by atoms with E-state index in [0.717, 1.165) is 17.4 Å². The van der Waals surface area contributed by atoms with Crippen LogP contribution in [0.1, 0.15) is 37.7 Å². The number of esters is 1. The van der Waals surface area contributed by atoms with Crippen molar-refractivity contribution in [3.63, 3.8) is 0 Å². The van der Waals surface area contributed by atoms with Gasteiger partial charge in [0.2, 0.25) is 5.91 Å². The molecule has 22 heavy (non-hydrogen) atoms. The molecule has 2 saturated carbocycles. The first kappa shape index (κ1) is 15.1. The molecule has 1 N–H and O–H groups in total. The summed E-state index contributed by atoms with van der Waals surface area (Å²) in [4.78, 5) is 23.6. The molecular weight excluding hydrogens is 278 g/mol. The van der Waals surface area contributed by atoms with E-state index in [1.54, 1.807) is 0 Å². The Morgan fingerprint density at radius 2 is 1.95 bits per heavy atom. The van der Waals surface area contributed by atoms with Gasteiger partial charge in [-0.3, -0.25) is 9.59 Å². The van der Waals surface area contributed by atoms with Gasteiger partial charge in [0.25, 0.3) is 0 Å². The Kier molecular flexibility index (Phi) is 4.76. The van der Waals surface area contributed by atoms with Crippen LogP contribution in [0.4, 0.5) is 0 Å². The van der Waals surface area contributed by atoms with E-state index in [2.05, 4.69) is 5.32 Å². The normalized spacial score (nSPS) is 25.9. The minimum absolute atomic E-state index is 0.0192. The third-order valence-corrected chi connectivity index (χ3v) is 5.00. The molecule has 0 unspecified atom stereocenters. The van der Waals surface area contributed by atoms with Crippen molar-refractivity contribution in [3.05, 3.63) is 35.9 Å². The molecule has 3 atom stereocenters. The Hall–Kier alpha value is -1.84. The van der Waals surface area contributed by atoms with E-state index in [1.165, 1.54) is 25.7 Å². The molecule has 0 heterocycles. The zero-order valence-corrected chi connectivity index (χ0v) is 12.8. The molecule has 118 valence electrons. The van der Waals surface area contributed by atoms with Crippen LogP contribution in [0.5, 0.6) is 0 Å². The van der Waals surface area contributed by atoms with E-state index in [0.29, 0.717) is 12.3 Å². The highest BCUT2D eigenvalue weighted by atomic mass is 16.5. The van der Waals surface area contributed by atoms with Crippen LogP contribution in [0.3, 0.4) is 0 Å². The van der Waals surface area contributed by atoms with E-state index in [-0.39, 0.29) is 25.0 Å². The highest BCUT2D eigenvalue weighted by molar-refractivity contribution is 5.82. The SMILES string of the molecule is O=C(C[C@H]1C[C@@H]2CC[C@@H]1C2)NCC(=O)OCc1ccccc1. The number of carbonyl (C=O) groups is 2. The molecule has 0 spiro atoms. The smallest absolute Gasteiger partial charge is 0.325 e. The van der Waals surface area contributed by atoms with Gasteiger partial charge in [-0.05, 0) is 42.6 Å². The van der Waals surface area contributed by atoms with Crippen LogP contribution >= 0.6 is 0 Å². The second-order valence-corrected chi connectivity index (χ2v) is 6.56. The maximum Gasteiger partial charge on any atom is 0.325 e. The molecular formula is C18H23NO3. The summed E-state index contributed by atoms with van der Waals surface area (Å²) in [7, 11) is 0. The van der Waals surface area contributed by atoms with Crippen LogP contribution in [-0.4, -0.2) is 18.4 Å². The van der Waals surface area contributed by atoms with Gasteiger partial charge < -0.3 is 10.1 Å². The average Bonchev–Trinajstić information content (AvgIpc) is 3.14. The zero-order valence-electron chi connectivity index (χ0n) is 12.8. The number of fused-ring (bicyclic) bond motifs is 2. The predicted molar refractivity (Wildman–Crippen MR) is 82.8 cm³/mol. The maximum absolute atomic E-state index is 11.9. The van der Waals surface area contributed by atoms with Crippen molar-refractivity contribution in [3.8, 4) is 0 Å². The van der Waals surface area contributed by atoms with E-state index in [9.17, 15) is 9.59 Å². The van der Waals surface area contributed by atoms with Crippen LogP contribution in [0.2, 0.25) is 0 Å². The number of ether oxygens (including phenoxy) is 1. The van der Waals surface area contributed by atoms with Crippen molar-refractivity contribution in [2.75, 3.05) is 6.54 Å². The second-order valence-electron chi connectivity index (χ2n) is 6.56. The predicted octanol–water partition coefficient (Wildman–Crippen LogP) is 2.67. The number of benzene rings is 1. The van der Waals surface area contributed by atoms with Gasteiger partial charge in [-0.1, -0.05) is 36.8 Å². The summed E-state index contributed by atoms with van der Waals surface area (Å²) < 4.78 is 5.14. The topological polar surface area (TPSA) is 55.4 Å². The van der Waals surface area contributed by atoms with Crippen molar-refractivity contribution < 1.29 is 14.3 Å². The molecule has 0 radical (unpaired) electrons. The van der Waals surface area contributed by atoms with Crippen molar-refractivity contribution in [2.24, 2.45) is 17.8 Å². The van der Waals surface area contributed by atoms with Crippen molar-refractivity contribution in [1.82, 2.24) is 5.32 Å². The number of hydrogen-bond acceptors (Lipinski definition) is 3. The summed E-state index contributed by atoms with van der Waals surface area (Å²) in [6.07, 6.45) is 5.68. The molecule has 0 aliphatic heterocycles. The molecule has 4 nitrogen and oxygen atoms in total. The van der Waals surface area contributed by atoms with Gasteiger partial charge in [0.1, 0.15) is 13.2 Å². The fourth-order valence-electron chi connectivity index (χ4n) is 3.90. The summed E-state index contributed by atoms with van der Waals surface area (Å²) in [6.45, 7) is 0.217. The van der Waals surface area contributed by atoms with E-state index < -0.39 is 0 Å². The summed E-state index contributed by atoms with van der Waals surface area (Å²) in [5.74, 6) is 1.71. The Bertz CT molecular complexity index is 528. The van der Waals surface area contributed by atoms with Gasteiger partial charge in [0.15, 0.2) is 0 Å². The standard InChI is InChI=1S/C18H23NO3/c20-17(10-16-9-14-6-7-15(16)8-14)19-11-18(21)22-12-13-4-2-1-3-5-13/h1-5,14-16H,6-12H2,(H,19,20)/t14-,15-,16-/m1/s1. The fraction of sp³-hybridized carbons (Fsp3) is 0.556. The van der Waals surface area contributed by atoms with Gasteiger partial charge in [-0.15, -0.1) is 0 Å². The molecule has 1 amide bonds. The Labute approximate surface area is 131 Å². The third-order valence-electron chi connectivity index (χ3n) is 5.00. The minimum Gasteiger partial charge on any atom is -0.460 e. The van der Waals surface area contributed by atoms with E-state index in [4.69, 9.17) is 4.74 Å². The van der Waals surface area contributed by atoms with E-state index >= 15 is 0 Å². The third kappa shape index (κ3) is 3.87. The number of carbonyl (C=O) groups excluding carboxylic acids is 2. The van der Waals surface area contributed by atoms with Gasteiger partial charge >= 0.3 is 5.97 Å². The van der Waals surface area contributed by atoms with Crippen LogP contribution in [0, 0.1) is 17.8 Å². The first-order chi connectivity index (χ1) is 10.7. The maximum atomic E-state index is 11.9. The Balaban J connectivity index is 1.33. The van der Waals surface area contributed by atoms with Crippen molar-refractivity contribution in [2.45, 2.75) is 38.7 Å². The highest BCUT2D eigenvalue weighted by Crippen LogP contribution is 2.49. The molecule has 2 fully saturated rings. The largest absolute Gasteiger partial charge is 0.460 e. The summed E-state index contributed by atoms with van der Waals surface area (Å²) in [6, 6.07) is 9.53. The average molecular weight is 301 g/mol. The monoisotopic (exact) mass is 301 g/mol. The lowest BCUT2D eigenvalue weighted by atomic mass is 9.86. The van der Waals surface area contributed by atoms with Gasteiger partial charge in [-0.25, -0.2) is 0 Å². The highest BCUT2D eigenvalue weighted by Gasteiger charge is 2.40. The summed E-state index contributed by atoms with van der Waals surface area (Å²) >= 11 is 0. The van der Waals surface area contributed by atoms with Gasteiger partial charge in [-0.2, -0.15) is 0 Å². The van der Waals surface area contributed by atoms with Crippen molar-refractivity contribution in [1.29, 1.82) is 0 Å². The minimum atomic E-state index is -0.384. The van der Waals surface area contributed by atoms with Crippen molar-refractivity contribution >= 4 is 11.9 Å². The number of rotatable bonds is 6. The molecule has 2 aliphatic carbocycles. The summed E-state index contributed by atoms with van der Waals surface area (Å²) in [5.41, 5.74) is 0.948. The first-order valence-electron chi connectivity index (χ1n) is 8.17.